The third-order valence-electron chi connectivity index (χ3n) is 3.87. The molecule has 0 aliphatic carbocycles. The van der Waals surface area contributed by atoms with Gasteiger partial charge in [-0.2, -0.15) is 0 Å². The lowest BCUT2D eigenvalue weighted by Crippen LogP contribution is -2.29. The highest BCUT2D eigenvalue weighted by Gasteiger charge is 2.30. The molecule has 7 heteroatoms. The van der Waals surface area contributed by atoms with Gasteiger partial charge in [-0.25, -0.2) is 4.79 Å². The van der Waals surface area contributed by atoms with Crippen molar-refractivity contribution in [2.75, 3.05) is 6.61 Å². The van der Waals surface area contributed by atoms with Gasteiger partial charge in [-0.3, -0.25) is 9.59 Å². The number of ether oxygens (including phenoxy) is 3. The van der Waals surface area contributed by atoms with Crippen molar-refractivity contribution >= 4 is 18.1 Å². The van der Waals surface area contributed by atoms with Crippen molar-refractivity contribution in [3.63, 3.8) is 0 Å². The van der Waals surface area contributed by atoms with Crippen molar-refractivity contribution in [2.45, 2.75) is 46.3 Å². The summed E-state index contributed by atoms with van der Waals surface area (Å²) in [5.74, 6) is -2.79. The minimum Gasteiger partial charge on any atom is -0.481 e. The molecule has 1 aromatic carbocycles. The first-order valence-electron chi connectivity index (χ1n) is 8.57. The molecule has 0 heterocycles. The van der Waals surface area contributed by atoms with Crippen LogP contribution in [0.3, 0.4) is 0 Å². The molecule has 0 amide bonds. The number of benzene rings is 1. The highest BCUT2D eigenvalue weighted by Crippen LogP contribution is 2.26. The molecule has 0 aromatic heterocycles. The van der Waals surface area contributed by atoms with Gasteiger partial charge >= 0.3 is 18.1 Å². The fraction of sp³-hybridized carbons (Fsp3) is 0.526. The van der Waals surface area contributed by atoms with E-state index in [1.807, 2.05) is 6.07 Å². The van der Waals surface area contributed by atoms with Gasteiger partial charge in [0.2, 0.25) is 0 Å². The van der Waals surface area contributed by atoms with E-state index in [0.717, 1.165) is 0 Å². The lowest BCUT2D eigenvalue weighted by Gasteiger charge is -2.26. The molecule has 4 unspecified atom stereocenters. The van der Waals surface area contributed by atoms with Gasteiger partial charge < -0.3 is 19.3 Å². The van der Waals surface area contributed by atoms with E-state index in [9.17, 15) is 14.4 Å². The molecular weight excluding hydrogens is 340 g/mol. The second-order valence-corrected chi connectivity index (χ2v) is 6.15. The van der Waals surface area contributed by atoms with Crippen LogP contribution in [0.5, 0.6) is 0 Å². The summed E-state index contributed by atoms with van der Waals surface area (Å²) in [4.78, 5) is 35.0. The SMILES string of the molecule is CCOC(=O)OC(C)C(OC(=O)C(C)CC(C)C(=O)O)c1ccccc1. The predicted molar refractivity (Wildman–Crippen MR) is 93.4 cm³/mol. The topological polar surface area (TPSA) is 99.1 Å². The fourth-order valence-corrected chi connectivity index (χ4v) is 2.41. The average molecular weight is 366 g/mol. The highest BCUT2D eigenvalue weighted by atomic mass is 16.7. The summed E-state index contributed by atoms with van der Waals surface area (Å²) in [6.07, 6.45) is -2.28. The number of carbonyl (C=O) groups is 3. The van der Waals surface area contributed by atoms with Crippen LogP contribution >= 0.6 is 0 Å². The molecule has 0 aliphatic heterocycles. The van der Waals surface area contributed by atoms with Gasteiger partial charge in [0.1, 0.15) is 6.10 Å². The first-order valence-corrected chi connectivity index (χ1v) is 8.57. The van der Waals surface area contributed by atoms with Gasteiger partial charge in [-0.15, -0.1) is 0 Å². The summed E-state index contributed by atoms with van der Waals surface area (Å²) in [5.41, 5.74) is 0.663. The van der Waals surface area contributed by atoms with Gasteiger partial charge in [0.25, 0.3) is 0 Å². The van der Waals surface area contributed by atoms with Crippen LogP contribution in [0.1, 0.15) is 45.8 Å². The quantitative estimate of drug-likeness (QED) is 0.667. The Morgan fingerprint density at radius 2 is 1.62 bits per heavy atom. The van der Waals surface area contributed by atoms with Crippen LogP contribution in [0, 0.1) is 11.8 Å². The smallest absolute Gasteiger partial charge is 0.481 e. The normalized spacial score (nSPS) is 15.2. The maximum absolute atomic E-state index is 12.4. The molecular formula is C19H26O7. The molecule has 1 aromatic rings. The minimum atomic E-state index is -0.969. The van der Waals surface area contributed by atoms with Gasteiger partial charge in [0, 0.05) is 0 Å². The molecule has 26 heavy (non-hydrogen) atoms. The number of carboxylic acid groups (broad SMARTS) is 1. The van der Waals surface area contributed by atoms with Gasteiger partial charge in [0.05, 0.1) is 18.4 Å². The predicted octanol–water partition coefficient (Wildman–Crippen LogP) is 3.58. The number of carbonyl (C=O) groups excluding carboxylic acids is 2. The van der Waals surface area contributed by atoms with Crippen molar-refractivity contribution < 1.29 is 33.7 Å². The van der Waals surface area contributed by atoms with E-state index in [1.54, 1.807) is 45.0 Å². The monoisotopic (exact) mass is 366 g/mol. The second-order valence-electron chi connectivity index (χ2n) is 6.15. The number of carboxylic acids is 1. The summed E-state index contributed by atoms with van der Waals surface area (Å²) in [6, 6.07) is 8.89. The van der Waals surface area contributed by atoms with Crippen molar-refractivity contribution in [2.24, 2.45) is 11.8 Å². The minimum absolute atomic E-state index is 0.156. The Balaban J connectivity index is 2.87. The second kappa shape index (κ2) is 10.4. The molecule has 0 aliphatic rings. The Hall–Kier alpha value is -2.57. The molecule has 0 saturated carbocycles. The summed E-state index contributed by atoms with van der Waals surface area (Å²) in [5, 5.41) is 8.99. The molecule has 0 saturated heterocycles. The number of hydrogen-bond donors (Lipinski definition) is 1. The molecule has 0 bridgehead atoms. The van der Waals surface area contributed by atoms with E-state index in [4.69, 9.17) is 19.3 Å². The number of esters is 1. The molecule has 1 rings (SSSR count). The lowest BCUT2D eigenvalue weighted by molar-refractivity contribution is -0.161. The first-order chi connectivity index (χ1) is 12.3. The fourth-order valence-electron chi connectivity index (χ4n) is 2.41. The van der Waals surface area contributed by atoms with E-state index in [1.165, 1.54) is 6.92 Å². The van der Waals surface area contributed by atoms with Crippen molar-refractivity contribution in [3.8, 4) is 0 Å². The summed E-state index contributed by atoms with van der Waals surface area (Å²) in [7, 11) is 0. The summed E-state index contributed by atoms with van der Waals surface area (Å²) >= 11 is 0. The van der Waals surface area contributed by atoms with Crippen molar-refractivity contribution in [1.82, 2.24) is 0 Å². The zero-order valence-electron chi connectivity index (χ0n) is 15.5. The zero-order valence-corrected chi connectivity index (χ0v) is 15.5. The number of hydrogen-bond acceptors (Lipinski definition) is 6. The van der Waals surface area contributed by atoms with Crippen LogP contribution < -0.4 is 0 Å². The Labute approximate surface area is 153 Å². The standard InChI is InChI=1S/C19H26O7/c1-5-24-19(23)25-14(4)16(15-9-7-6-8-10-15)26-18(22)13(3)11-12(2)17(20)21/h6-10,12-14,16H,5,11H2,1-4H3,(H,20,21). The maximum atomic E-state index is 12.4. The van der Waals surface area contributed by atoms with Crippen molar-refractivity contribution in [3.05, 3.63) is 35.9 Å². The molecule has 0 spiro atoms. The Kier molecular flexibility index (Phi) is 8.61. The Morgan fingerprint density at radius 3 is 2.15 bits per heavy atom. The highest BCUT2D eigenvalue weighted by molar-refractivity contribution is 5.75. The Bertz CT molecular complexity index is 599. The number of aliphatic carboxylic acids is 1. The third-order valence-corrected chi connectivity index (χ3v) is 3.87. The van der Waals surface area contributed by atoms with Crippen LogP contribution in [0.15, 0.2) is 30.3 Å². The molecule has 0 radical (unpaired) electrons. The molecule has 1 N–H and O–H groups in total. The Morgan fingerprint density at radius 1 is 1.00 bits per heavy atom. The molecule has 144 valence electrons. The van der Waals surface area contributed by atoms with E-state index >= 15 is 0 Å². The summed E-state index contributed by atoms with van der Waals surface area (Å²) in [6.45, 7) is 6.58. The van der Waals surface area contributed by atoms with Gasteiger partial charge in [-0.05, 0) is 25.8 Å². The molecule has 0 fully saturated rings. The van der Waals surface area contributed by atoms with Crippen LogP contribution in [0.4, 0.5) is 4.79 Å². The van der Waals surface area contributed by atoms with Crippen LogP contribution in [-0.4, -0.2) is 35.9 Å². The number of rotatable bonds is 9. The maximum Gasteiger partial charge on any atom is 0.508 e. The molecule has 4 atom stereocenters. The van der Waals surface area contributed by atoms with Crippen LogP contribution in [0.25, 0.3) is 0 Å². The van der Waals surface area contributed by atoms with E-state index in [0.29, 0.717) is 5.56 Å². The van der Waals surface area contributed by atoms with E-state index < -0.39 is 42.1 Å². The van der Waals surface area contributed by atoms with E-state index in [2.05, 4.69) is 0 Å². The largest absolute Gasteiger partial charge is 0.508 e. The van der Waals surface area contributed by atoms with Gasteiger partial charge in [0.15, 0.2) is 6.10 Å². The van der Waals surface area contributed by atoms with Crippen LogP contribution in [-0.2, 0) is 23.8 Å². The molecule has 7 nitrogen and oxygen atoms in total. The third kappa shape index (κ3) is 6.74. The first kappa shape index (κ1) is 21.5. The lowest BCUT2D eigenvalue weighted by atomic mass is 9.97. The zero-order chi connectivity index (χ0) is 19.7. The van der Waals surface area contributed by atoms with Crippen molar-refractivity contribution in [1.29, 1.82) is 0 Å². The van der Waals surface area contributed by atoms with Gasteiger partial charge in [-0.1, -0.05) is 44.2 Å². The summed E-state index contributed by atoms with van der Waals surface area (Å²) < 4.78 is 15.5. The van der Waals surface area contributed by atoms with E-state index in [-0.39, 0.29) is 13.0 Å². The average Bonchev–Trinajstić information content (AvgIpc) is 2.59. The van der Waals surface area contributed by atoms with Crippen LogP contribution in [0.2, 0.25) is 0 Å².